The number of anilines is 2. The van der Waals surface area contributed by atoms with E-state index in [1.54, 1.807) is 24.3 Å². The highest BCUT2D eigenvalue weighted by molar-refractivity contribution is 7.92. The number of nitrogens with one attached hydrogen (secondary N) is 1. The molecular formula is C22H20N2O5S. The quantitative estimate of drug-likeness (QED) is 0.589. The lowest BCUT2D eigenvalue weighted by Crippen LogP contribution is -2.32. The van der Waals surface area contributed by atoms with Crippen LogP contribution in [0.4, 0.5) is 11.4 Å². The van der Waals surface area contributed by atoms with Crippen LogP contribution in [0.1, 0.15) is 6.42 Å². The molecule has 7 nitrogen and oxygen atoms in total. The number of imide groups is 1. The molecule has 0 aromatic heterocycles. The lowest BCUT2D eigenvalue weighted by atomic mass is 9.85. The van der Waals surface area contributed by atoms with E-state index in [4.69, 9.17) is 4.74 Å². The third-order valence-corrected chi connectivity index (χ3v) is 7.61. The van der Waals surface area contributed by atoms with Crippen LogP contribution in [-0.2, 0) is 19.6 Å². The Bertz CT molecular complexity index is 1140. The Morgan fingerprint density at radius 2 is 1.53 bits per heavy atom. The normalized spacial score (nSPS) is 26.9. The van der Waals surface area contributed by atoms with Gasteiger partial charge < -0.3 is 4.74 Å². The van der Waals surface area contributed by atoms with Gasteiger partial charge in [0, 0.05) is 0 Å². The van der Waals surface area contributed by atoms with E-state index in [0.29, 0.717) is 17.1 Å². The SMILES string of the molecule is COc1ccccc1NS(=O)(=O)c1ccc(N2C(=O)[C@@H]3[C@H](C2=O)[C@H]2C=C[C@H]3C2)cc1. The molecule has 4 atom stereocenters. The molecule has 1 aliphatic heterocycles. The summed E-state index contributed by atoms with van der Waals surface area (Å²) in [6.45, 7) is 0. The molecule has 1 heterocycles. The molecule has 2 aliphatic carbocycles. The molecule has 2 bridgehead atoms. The van der Waals surface area contributed by atoms with Crippen LogP contribution in [0.3, 0.4) is 0 Å². The van der Waals surface area contributed by atoms with Crippen molar-refractivity contribution in [3.63, 3.8) is 0 Å². The van der Waals surface area contributed by atoms with Crippen molar-refractivity contribution in [2.75, 3.05) is 16.7 Å². The maximum Gasteiger partial charge on any atom is 0.262 e. The van der Waals surface area contributed by atoms with Crippen molar-refractivity contribution in [3.05, 3.63) is 60.7 Å². The minimum Gasteiger partial charge on any atom is -0.495 e. The first-order chi connectivity index (χ1) is 14.4. The van der Waals surface area contributed by atoms with Crippen LogP contribution in [0.25, 0.3) is 0 Å². The Kier molecular flexibility index (Phi) is 4.21. The zero-order valence-corrected chi connectivity index (χ0v) is 17.0. The molecule has 0 spiro atoms. The summed E-state index contributed by atoms with van der Waals surface area (Å²) in [5.74, 6) is -0.293. The molecule has 30 heavy (non-hydrogen) atoms. The van der Waals surface area contributed by atoms with Crippen LogP contribution in [0.15, 0.2) is 65.6 Å². The summed E-state index contributed by atoms with van der Waals surface area (Å²) in [5.41, 5.74) is 0.722. The van der Waals surface area contributed by atoms with E-state index in [0.717, 1.165) is 6.42 Å². The third kappa shape index (κ3) is 2.74. The average molecular weight is 424 g/mol. The fraction of sp³-hybridized carbons (Fsp3) is 0.273. The van der Waals surface area contributed by atoms with Gasteiger partial charge in [0.15, 0.2) is 0 Å². The number of benzene rings is 2. The highest BCUT2D eigenvalue weighted by Gasteiger charge is 2.59. The second kappa shape index (κ2) is 6.70. The van der Waals surface area contributed by atoms with E-state index in [1.807, 2.05) is 12.2 Å². The zero-order valence-electron chi connectivity index (χ0n) is 16.2. The van der Waals surface area contributed by atoms with Gasteiger partial charge in [-0.15, -0.1) is 0 Å². The van der Waals surface area contributed by atoms with Crippen LogP contribution in [-0.4, -0.2) is 27.3 Å². The Labute approximate surface area is 174 Å². The first-order valence-corrected chi connectivity index (χ1v) is 11.2. The van der Waals surface area contributed by atoms with Gasteiger partial charge >= 0.3 is 0 Å². The van der Waals surface area contributed by atoms with E-state index in [2.05, 4.69) is 4.72 Å². The number of methoxy groups -OCH3 is 1. The lowest BCUT2D eigenvalue weighted by molar-refractivity contribution is -0.123. The van der Waals surface area contributed by atoms with Crippen molar-refractivity contribution in [2.45, 2.75) is 11.3 Å². The van der Waals surface area contributed by atoms with Gasteiger partial charge in [-0.2, -0.15) is 0 Å². The predicted molar refractivity (Wildman–Crippen MR) is 110 cm³/mol. The van der Waals surface area contributed by atoms with E-state index in [-0.39, 0.29) is 40.4 Å². The van der Waals surface area contributed by atoms with Gasteiger partial charge in [0.05, 0.1) is 35.2 Å². The largest absolute Gasteiger partial charge is 0.495 e. The number of carbonyl (C=O) groups excluding carboxylic acids is 2. The summed E-state index contributed by atoms with van der Waals surface area (Å²) in [6, 6.07) is 12.5. The number of rotatable bonds is 5. The molecule has 2 fully saturated rings. The molecule has 2 amide bonds. The Balaban J connectivity index is 1.40. The van der Waals surface area contributed by atoms with Gasteiger partial charge in [-0.3, -0.25) is 19.2 Å². The molecular weight excluding hydrogens is 404 g/mol. The maximum atomic E-state index is 12.9. The van der Waals surface area contributed by atoms with Gasteiger partial charge in [-0.1, -0.05) is 24.3 Å². The van der Waals surface area contributed by atoms with Crippen molar-refractivity contribution in [2.24, 2.45) is 23.7 Å². The molecule has 0 unspecified atom stereocenters. The molecule has 1 N–H and O–H groups in total. The van der Waals surface area contributed by atoms with Crippen molar-refractivity contribution < 1.29 is 22.7 Å². The van der Waals surface area contributed by atoms with Gasteiger partial charge in [-0.05, 0) is 54.7 Å². The van der Waals surface area contributed by atoms with Crippen molar-refractivity contribution in [3.8, 4) is 5.75 Å². The fourth-order valence-corrected chi connectivity index (χ4v) is 5.93. The summed E-state index contributed by atoms with van der Waals surface area (Å²) in [4.78, 5) is 27.1. The second-order valence-electron chi connectivity index (χ2n) is 7.81. The van der Waals surface area contributed by atoms with E-state index in [9.17, 15) is 18.0 Å². The molecule has 2 aromatic carbocycles. The number of para-hydroxylation sites is 2. The number of ether oxygens (including phenoxy) is 1. The van der Waals surface area contributed by atoms with Gasteiger partial charge in [0.2, 0.25) is 11.8 Å². The number of amides is 2. The van der Waals surface area contributed by atoms with Crippen LogP contribution in [0.2, 0.25) is 0 Å². The number of hydrogen-bond donors (Lipinski definition) is 1. The molecule has 0 radical (unpaired) electrons. The lowest BCUT2D eigenvalue weighted by Gasteiger charge is -2.18. The summed E-state index contributed by atoms with van der Waals surface area (Å²) in [6.07, 6.45) is 4.95. The molecule has 2 aromatic rings. The number of sulfonamides is 1. The monoisotopic (exact) mass is 424 g/mol. The standard InChI is InChI=1S/C22H20N2O5S/c1-29-18-5-3-2-4-17(18)23-30(27,28)16-10-8-15(9-11-16)24-21(25)19-13-6-7-14(12-13)20(19)22(24)26/h2-11,13-14,19-20,23H,12H2,1H3/t13-,14-,19-,20+/m0/s1. The number of hydrogen-bond acceptors (Lipinski definition) is 5. The summed E-state index contributed by atoms with van der Waals surface area (Å²) in [7, 11) is -2.40. The fourth-order valence-electron chi connectivity index (χ4n) is 4.86. The van der Waals surface area contributed by atoms with Crippen molar-refractivity contribution >= 4 is 33.2 Å². The average Bonchev–Trinajstić information content (AvgIpc) is 3.42. The number of nitrogens with zero attached hydrogens (tertiary/aromatic N) is 1. The maximum absolute atomic E-state index is 12.9. The number of carbonyl (C=O) groups is 2. The van der Waals surface area contributed by atoms with Gasteiger partial charge in [0.1, 0.15) is 5.75 Å². The van der Waals surface area contributed by atoms with Gasteiger partial charge in [0.25, 0.3) is 10.0 Å². The third-order valence-electron chi connectivity index (χ3n) is 6.23. The van der Waals surface area contributed by atoms with Crippen LogP contribution >= 0.6 is 0 Å². The smallest absolute Gasteiger partial charge is 0.262 e. The Morgan fingerprint density at radius 3 is 2.13 bits per heavy atom. The van der Waals surface area contributed by atoms with Crippen LogP contribution in [0.5, 0.6) is 5.75 Å². The Hall–Kier alpha value is -3.13. The Morgan fingerprint density at radius 1 is 0.933 bits per heavy atom. The number of allylic oxidation sites excluding steroid dienone is 2. The molecule has 8 heteroatoms. The number of fused-ring (bicyclic) bond motifs is 5. The highest BCUT2D eigenvalue weighted by atomic mass is 32.2. The summed E-state index contributed by atoms with van der Waals surface area (Å²) in [5, 5.41) is 0. The summed E-state index contributed by atoms with van der Waals surface area (Å²) >= 11 is 0. The van der Waals surface area contributed by atoms with Gasteiger partial charge in [-0.25, -0.2) is 8.42 Å². The second-order valence-corrected chi connectivity index (χ2v) is 9.49. The van der Waals surface area contributed by atoms with E-state index in [1.165, 1.54) is 36.3 Å². The molecule has 154 valence electrons. The first kappa shape index (κ1) is 18.9. The van der Waals surface area contributed by atoms with Crippen molar-refractivity contribution in [1.82, 2.24) is 0 Å². The minimum atomic E-state index is -3.86. The first-order valence-electron chi connectivity index (χ1n) is 9.73. The van der Waals surface area contributed by atoms with E-state index >= 15 is 0 Å². The molecule has 1 saturated carbocycles. The van der Waals surface area contributed by atoms with Crippen LogP contribution < -0.4 is 14.4 Å². The predicted octanol–water partition coefficient (Wildman–Crippen LogP) is 2.81. The molecule has 5 rings (SSSR count). The van der Waals surface area contributed by atoms with E-state index < -0.39 is 10.0 Å². The minimum absolute atomic E-state index is 0.0261. The summed E-state index contributed by atoms with van der Waals surface area (Å²) < 4.78 is 33.2. The van der Waals surface area contributed by atoms with Crippen LogP contribution in [0, 0.1) is 23.7 Å². The zero-order chi connectivity index (χ0) is 21.0. The van der Waals surface area contributed by atoms with Crippen molar-refractivity contribution in [1.29, 1.82) is 0 Å². The topological polar surface area (TPSA) is 92.8 Å². The molecule has 1 saturated heterocycles. The molecule has 3 aliphatic rings. The highest BCUT2D eigenvalue weighted by Crippen LogP contribution is 2.53.